The maximum atomic E-state index is 12.5. The largest absolute Gasteiger partial charge is 0.478 e. The molecule has 6 nitrogen and oxygen atoms in total. The molecular weight excluding hydrogens is 342 g/mol. The smallest absolute Gasteiger partial charge is 0.341 e. The van der Waals surface area contributed by atoms with E-state index < -0.39 is 17.8 Å². The Morgan fingerprint density at radius 3 is 2.48 bits per heavy atom. The van der Waals surface area contributed by atoms with E-state index in [-0.39, 0.29) is 6.61 Å². The van der Waals surface area contributed by atoms with Gasteiger partial charge in [-0.15, -0.1) is 11.3 Å². The molecule has 1 aromatic heterocycles. The van der Waals surface area contributed by atoms with Crippen LogP contribution in [-0.4, -0.2) is 29.6 Å². The summed E-state index contributed by atoms with van der Waals surface area (Å²) < 4.78 is 5.18. The molecule has 0 atom stereocenters. The van der Waals surface area contributed by atoms with E-state index in [9.17, 15) is 14.4 Å². The number of aliphatic carboxylic acids is 1. The molecule has 0 aromatic carbocycles. The van der Waals surface area contributed by atoms with Crippen LogP contribution in [0.2, 0.25) is 0 Å². The molecule has 0 aliphatic heterocycles. The van der Waals surface area contributed by atoms with Crippen LogP contribution in [0.1, 0.15) is 59.8 Å². The zero-order valence-corrected chi connectivity index (χ0v) is 15.1. The summed E-state index contributed by atoms with van der Waals surface area (Å²) in [5.74, 6) is -2.20. The highest BCUT2D eigenvalue weighted by Crippen LogP contribution is 2.37. The second-order valence-electron chi connectivity index (χ2n) is 5.86. The molecule has 1 aromatic rings. The van der Waals surface area contributed by atoms with E-state index in [0.717, 1.165) is 61.1 Å². The van der Waals surface area contributed by atoms with Crippen molar-refractivity contribution in [2.24, 2.45) is 0 Å². The third kappa shape index (κ3) is 5.42. The molecule has 0 bridgehead atoms. The normalized spacial score (nSPS) is 14.9. The number of carbonyl (C=O) groups is 3. The van der Waals surface area contributed by atoms with Crippen LogP contribution in [-0.2, 0) is 27.2 Å². The van der Waals surface area contributed by atoms with Crippen LogP contribution in [0.3, 0.4) is 0 Å². The minimum Gasteiger partial charge on any atom is -0.478 e. The van der Waals surface area contributed by atoms with Gasteiger partial charge in [-0.25, -0.2) is 9.59 Å². The molecule has 0 spiro atoms. The first kappa shape index (κ1) is 19.2. The Kier molecular flexibility index (Phi) is 7.18. The number of carboxylic acids is 1. The highest BCUT2D eigenvalue weighted by molar-refractivity contribution is 7.17. The average Bonchev–Trinajstić information content (AvgIpc) is 2.93. The van der Waals surface area contributed by atoms with E-state index >= 15 is 0 Å². The van der Waals surface area contributed by atoms with Gasteiger partial charge in [0.05, 0.1) is 12.2 Å². The number of thiophene rings is 1. The Bertz CT molecular complexity index is 677. The summed E-state index contributed by atoms with van der Waals surface area (Å²) in [6, 6.07) is 0. The van der Waals surface area contributed by atoms with E-state index in [1.54, 1.807) is 6.92 Å². The average molecular weight is 365 g/mol. The highest BCUT2D eigenvalue weighted by atomic mass is 32.1. The van der Waals surface area contributed by atoms with Gasteiger partial charge in [-0.3, -0.25) is 4.79 Å². The molecule has 1 heterocycles. The first-order valence-corrected chi connectivity index (χ1v) is 9.38. The summed E-state index contributed by atoms with van der Waals surface area (Å²) in [5.41, 5.74) is 1.41. The number of carboxylic acid groups (broad SMARTS) is 1. The molecule has 0 saturated heterocycles. The monoisotopic (exact) mass is 365 g/mol. The highest BCUT2D eigenvalue weighted by Gasteiger charge is 2.25. The number of amides is 1. The maximum absolute atomic E-state index is 12.5. The summed E-state index contributed by atoms with van der Waals surface area (Å²) in [6.45, 7) is 2.00. The lowest BCUT2D eigenvalue weighted by atomic mass is 10.0. The van der Waals surface area contributed by atoms with Crippen molar-refractivity contribution in [2.45, 2.75) is 51.9 Å². The molecule has 0 radical (unpaired) electrons. The van der Waals surface area contributed by atoms with Crippen molar-refractivity contribution in [1.82, 2.24) is 0 Å². The van der Waals surface area contributed by atoms with Gasteiger partial charge in [0.25, 0.3) is 0 Å². The van der Waals surface area contributed by atoms with Crippen LogP contribution in [0.25, 0.3) is 0 Å². The van der Waals surface area contributed by atoms with Crippen molar-refractivity contribution < 1.29 is 24.2 Å². The van der Waals surface area contributed by atoms with Crippen LogP contribution in [0.5, 0.6) is 0 Å². The number of carbonyl (C=O) groups excluding carboxylic acids is 2. The summed E-state index contributed by atoms with van der Waals surface area (Å²) in [7, 11) is 0. The van der Waals surface area contributed by atoms with Gasteiger partial charge >= 0.3 is 11.9 Å². The summed E-state index contributed by atoms with van der Waals surface area (Å²) >= 11 is 1.40. The molecular formula is C18H23NO5S. The van der Waals surface area contributed by atoms with Gasteiger partial charge in [-0.05, 0) is 38.2 Å². The van der Waals surface area contributed by atoms with E-state index in [1.165, 1.54) is 17.8 Å². The van der Waals surface area contributed by atoms with Gasteiger partial charge in [0.2, 0.25) is 5.91 Å². The van der Waals surface area contributed by atoms with Gasteiger partial charge in [0.15, 0.2) is 0 Å². The number of anilines is 1. The lowest BCUT2D eigenvalue weighted by Crippen LogP contribution is -2.13. The molecule has 7 heteroatoms. The standard InChI is InChI=1S/C18H23NO5S/c1-2-24-18(23)16-12-8-6-4-3-5-7-9-13(12)25-17(16)19-14(20)10-11-15(21)22/h10-11H,2-9H2,1H3,(H,19,20)(H,21,22). The Hall–Kier alpha value is -2.15. The Balaban J connectivity index is 2.35. The van der Waals surface area contributed by atoms with Crippen molar-refractivity contribution in [1.29, 1.82) is 0 Å². The Morgan fingerprint density at radius 2 is 1.80 bits per heavy atom. The van der Waals surface area contributed by atoms with Crippen LogP contribution < -0.4 is 5.32 Å². The van der Waals surface area contributed by atoms with E-state index in [1.807, 2.05) is 0 Å². The Labute approximate surface area is 150 Å². The quantitative estimate of drug-likeness (QED) is 0.615. The van der Waals surface area contributed by atoms with Crippen molar-refractivity contribution in [3.63, 3.8) is 0 Å². The number of aryl methyl sites for hydroxylation is 1. The van der Waals surface area contributed by atoms with E-state index in [2.05, 4.69) is 5.32 Å². The van der Waals surface area contributed by atoms with Gasteiger partial charge < -0.3 is 15.2 Å². The van der Waals surface area contributed by atoms with Gasteiger partial charge in [0, 0.05) is 17.0 Å². The third-order valence-electron chi connectivity index (χ3n) is 4.01. The zero-order chi connectivity index (χ0) is 18.2. The molecule has 1 aliphatic rings. The van der Waals surface area contributed by atoms with Crippen molar-refractivity contribution in [2.75, 3.05) is 11.9 Å². The first-order valence-electron chi connectivity index (χ1n) is 8.56. The molecule has 0 unspecified atom stereocenters. The number of hydrogen-bond acceptors (Lipinski definition) is 5. The maximum Gasteiger partial charge on any atom is 0.341 e. The number of rotatable bonds is 5. The van der Waals surface area contributed by atoms with Gasteiger partial charge in [-0.2, -0.15) is 0 Å². The fraction of sp³-hybridized carbons (Fsp3) is 0.500. The molecule has 2 N–H and O–H groups in total. The number of nitrogens with one attached hydrogen (secondary N) is 1. The summed E-state index contributed by atoms with van der Waals surface area (Å²) in [5, 5.41) is 11.7. The fourth-order valence-corrected chi connectivity index (χ4v) is 4.18. The lowest BCUT2D eigenvalue weighted by Gasteiger charge is -2.08. The van der Waals surface area contributed by atoms with E-state index in [4.69, 9.17) is 9.84 Å². The number of hydrogen-bond donors (Lipinski definition) is 2. The van der Waals surface area contributed by atoms with Crippen LogP contribution in [0.4, 0.5) is 5.00 Å². The lowest BCUT2D eigenvalue weighted by molar-refractivity contribution is -0.131. The zero-order valence-electron chi connectivity index (χ0n) is 14.3. The molecule has 2 rings (SSSR count). The van der Waals surface area contributed by atoms with Crippen molar-refractivity contribution in [3.05, 3.63) is 28.2 Å². The minimum absolute atomic E-state index is 0.260. The predicted molar refractivity (Wildman–Crippen MR) is 96.2 cm³/mol. The predicted octanol–water partition coefficient (Wildman–Crippen LogP) is 3.55. The number of fused-ring (bicyclic) bond motifs is 1. The van der Waals surface area contributed by atoms with Gasteiger partial charge in [0.1, 0.15) is 5.00 Å². The number of esters is 1. The molecule has 25 heavy (non-hydrogen) atoms. The molecule has 0 fully saturated rings. The second kappa shape index (κ2) is 9.36. The SMILES string of the molecule is CCOC(=O)c1c(NC(=O)C=CC(=O)O)sc2c1CCCCCCC2. The molecule has 136 valence electrons. The molecule has 1 aliphatic carbocycles. The molecule has 1 amide bonds. The second-order valence-corrected chi connectivity index (χ2v) is 6.96. The van der Waals surface area contributed by atoms with Crippen LogP contribution in [0, 0.1) is 0 Å². The van der Waals surface area contributed by atoms with Crippen molar-refractivity contribution in [3.8, 4) is 0 Å². The summed E-state index contributed by atoms with van der Waals surface area (Å²) in [6.07, 6.45) is 8.94. The van der Waals surface area contributed by atoms with Crippen LogP contribution >= 0.6 is 11.3 Å². The fourth-order valence-electron chi connectivity index (χ4n) is 2.90. The number of ether oxygens (including phenoxy) is 1. The van der Waals surface area contributed by atoms with Crippen LogP contribution in [0.15, 0.2) is 12.2 Å². The summed E-state index contributed by atoms with van der Waals surface area (Å²) in [4.78, 5) is 36.1. The topological polar surface area (TPSA) is 92.7 Å². The van der Waals surface area contributed by atoms with E-state index in [0.29, 0.717) is 10.6 Å². The van der Waals surface area contributed by atoms with Gasteiger partial charge in [-0.1, -0.05) is 19.3 Å². The Morgan fingerprint density at radius 1 is 1.12 bits per heavy atom. The first-order chi connectivity index (χ1) is 12.0. The third-order valence-corrected chi connectivity index (χ3v) is 5.22. The van der Waals surface area contributed by atoms with Crippen molar-refractivity contribution >= 4 is 34.2 Å². The molecule has 0 saturated carbocycles. The minimum atomic E-state index is -1.20.